The summed E-state index contributed by atoms with van der Waals surface area (Å²) in [6.45, 7) is 19.1. The van der Waals surface area contributed by atoms with Gasteiger partial charge in [-0.1, -0.05) is 23.7 Å². The second kappa shape index (κ2) is 14.3. The number of para-hydroxylation sites is 1. The highest BCUT2D eigenvalue weighted by atomic mass is 35.5. The Balaban J connectivity index is 1.62. The first-order valence-corrected chi connectivity index (χ1v) is 18.0. The number of rotatable bonds is 9. The van der Waals surface area contributed by atoms with Crippen molar-refractivity contribution in [3.05, 3.63) is 58.7 Å². The number of ether oxygens (including phenoxy) is 2. The molecule has 3 aromatic rings. The Morgan fingerprint density at radius 1 is 1.02 bits per heavy atom. The molecule has 256 valence electrons. The zero-order valence-corrected chi connectivity index (χ0v) is 30.6. The van der Waals surface area contributed by atoms with Crippen LogP contribution in [0.3, 0.4) is 0 Å². The average molecular weight is 686 g/mol. The van der Waals surface area contributed by atoms with Gasteiger partial charge >= 0.3 is 6.09 Å². The van der Waals surface area contributed by atoms with Crippen molar-refractivity contribution in [1.82, 2.24) is 14.9 Å². The topological polar surface area (TPSA) is 123 Å². The summed E-state index contributed by atoms with van der Waals surface area (Å²) in [7, 11) is -3.56. The van der Waals surface area contributed by atoms with Gasteiger partial charge in [0.2, 0.25) is 5.95 Å². The normalized spacial score (nSPS) is 18.7. The molecular formula is C35H48ClN5O5S. The zero-order chi connectivity index (χ0) is 34.8. The highest BCUT2D eigenvalue weighted by Gasteiger charge is 2.37. The van der Waals surface area contributed by atoms with Gasteiger partial charge in [0.15, 0.2) is 15.7 Å². The number of piperidine rings is 1. The number of nitrogens with zero attached hydrogens (tertiary/aromatic N) is 3. The maximum Gasteiger partial charge on any atom is 0.410 e. The lowest BCUT2D eigenvalue weighted by molar-refractivity contribution is -0.00259. The van der Waals surface area contributed by atoms with Crippen LogP contribution < -0.4 is 15.4 Å². The fourth-order valence-electron chi connectivity index (χ4n) is 5.94. The van der Waals surface area contributed by atoms with Gasteiger partial charge < -0.3 is 25.0 Å². The Bertz CT molecular complexity index is 1690. The molecule has 12 heteroatoms. The van der Waals surface area contributed by atoms with Crippen molar-refractivity contribution in [3.8, 4) is 5.75 Å². The molecule has 1 aliphatic rings. The summed E-state index contributed by atoms with van der Waals surface area (Å²) in [6.07, 6.45) is 2.67. The van der Waals surface area contributed by atoms with Gasteiger partial charge in [-0.05, 0) is 123 Å². The summed E-state index contributed by atoms with van der Waals surface area (Å²) in [4.78, 5) is 24.0. The van der Waals surface area contributed by atoms with E-state index in [1.165, 1.54) is 6.20 Å². The van der Waals surface area contributed by atoms with Crippen LogP contribution in [0.4, 0.5) is 27.9 Å². The summed E-state index contributed by atoms with van der Waals surface area (Å²) in [6, 6.07) is 10.8. The molecule has 0 saturated carbocycles. The Labute approximate surface area is 284 Å². The Morgan fingerprint density at radius 2 is 1.66 bits per heavy atom. The van der Waals surface area contributed by atoms with E-state index < -0.39 is 20.7 Å². The number of benzene rings is 2. The first kappa shape index (κ1) is 36.3. The molecule has 1 amide bonds. The Kier molecular flexibility index (Phi) is 11.0. The smallest absolute Gasteiger partial charge is 0.410 e. The first-order valence-electron chi connectivity index (χ1n) is 16.1. The van der Waals surface area contributed by atoms with E-state index in [0.29, 0.717) is 17.1 Å². The number of nitrogens with one attached hydrogen (secondary N) is 2. The number of carbonyl (C=O) groups excluding carboxylic acids is 1. The number of sulfone groups is 1. The lowest BCUT2D eigenvalue weighted by atomic mass is 9.80. The van der Waals surface area contributed by atoms with Gasteiger partial charge in [0.25, 0.3) is 0 Å². The number of hydrogen-bond acceptors (Lipinski definition) is 9. The number of amides is 1. The van der Waals surface area contributed by atoms with Gasteiger partial charge in [-0.15, -0.1) is 0 Å². The van der Waals surface area contributed by atoms with Crippen LogP contribution in [0.2, 0.25) is 5.02 Å². The zero-order valence-electron chi connectivity index (χ0n) is 29.0. The van der Waals surface area contributed by atoms with E-state index >= 15 is 0 Å². The summed E-state index contributed by atoms with van der Waals surface area (Å²) >= 11 is 6.47. The van der Waals surface area contributed by atoms with Crippen molar-refractivity contribution in [2.24, 2.45) is 0 Å². The van der Waals surface area contributed by atoms with Crippen LogP contribution in [0, 0.1) is 6.92 Å². The summed E-state index contributed by atoms with van der Waals surface area (Å²) in [5.41, 5.74) is 2.73. The third kappa shape index (κ3) is 8.67. The quantitative estimate of drug-likeness (QED) is 0.227. The fourth-order valence-corrected chi connectivity index (χ4v) is 7.28. The van der Waals surface area contributed by atoms with E-state index in [1.54, 1.807) is 38.1 Å². The number of carbonyl (C=O) groups is 1. The molecule has 1 aromatic heterocycles. The molecule has 2 N–H and O–H groups in total. The molecule has 2 heterocycles. The van der Waals surface area contributed by atoms with E-state index in [0.717, 1.165) is 24.0 Å². The molecule has 47 heavy (non-hydrogen) atoms. The SMILES string of the molecule is Cc1cc(Nc2ncc(Cl)c(Nc3ccccc3S(=O)(=O)C(C)C)n2)c(OC(C)C)cc1C1C[C@@H](C)N(C(=O)OC(C)(C)C)[C@@H](C)C1. The molecule has 1 unspecified atom stereocenters. The van der Waals surface area contributed by atoms with Crippen molar-refractivity contribution in [1.29, 1.82) is 0 Å². The van der Waals surface area contributed by atoms with Gasteiger partial charge in [-0.25, -0.2) is 18.2 Å². The molecule has 2 aromatic carbocycles. The minimum Gasteiger partial charge on any atom is -0.489 e. The number of aromatic nitrogens is 2. The highest BCUT2D eigenvalue weighted by Crippen LogP contribution is 2.41. The third-order valence-corrected chi connectivity index (χ3v) is 10.5. The number of likely N-dealkylation sites (tertiary alicyclic amines) is 1. The van der Waals surface area contributed by atoms with E-state index in [9.17, 15) is 13.2 Å². The van der Waals surface area contributed by atoms with Crippen molar-refractivity contribution in [3.63, 3.8) is 0 Å². The standard InChI is InChI=1S/C35H48ClN5O5S/c1-20(2)45-30-18-26(25-16-23(6)41(24(7)17-25)34(42)46-35(8,9)10)22(5)15-29(30)39-33-37-19-27(36)32(40-33)38-28-13-11-12-14-31(28)47(43,44)21(3)4/h11-15,18-21,23-25H,16-17H2,1-10H3,(H2,37,38,39,40)/t23-,24+,25?. The third-order valence-electron chi connectivity index (χ3n) is 8.03. The van der Waals surface area contributed by atoms with Crippen LogP contribution in [0.15, 0.2) is 47.5 Å². The first-order chi connectivity index (χ1) is 21.9. The predicted molar refractivity (Wildman–Crippen MR) is 188 cm³/mol. The molecule has 1 saturated heterocycles. The van der Waals surface area contributed by atoms with Crippen LogP contribution in [-0.4, -0.2) is 58.4 Å². The Hall–Kier alpha value is -3.57. The molecule has 0 bridgehead atoms. The Morgan fingerprint density at radius 3 is 2.26 bits per heavy atom. The van der Waals surface area contributed by atoms with E-state index in [1.807, 2.05) is 45.6 Å². The van der Waals surface area contributed by atoms with Crippen molar-refractivity contribution in [2.45, 2.75) is 122 Å². The minimum absolute atomic E-state index is 0.000636. The predicted octanol–water partition coefficient (Wildman–Crippen LogP) is 8.79. The van der Waals surface area contributed by atoms with Gasteiger partial charge in [0.05, 0.1) is 33.8 Å². The molecule has 4 rings (SSSR count). The number of anilines is 4. The van der Waals surface area contributed by atoms with E-state index in [2.05, 4.69) is 47.4 Å². The van der Waals surface area contributed by atoms with Crippen molar-refractivity contribution in [2.75, 3.05) is 10.6 Å². The molecule has 1 fully saturated rings. The minimum atomic E-state index is -3.56. The number of aryl methyl sites for hydroxylation is 1. The summed E-state index contributed by atoms with van der Waals surface area (Å²) in [5.74, 6) is 1.38. The average Bonchev–Trinajstić information content (AvgIpc) is 2.94. The second-order valence-electron chi connectivity index (χ2n) is 13.9. The van der Waals surface area contributed by atoms with Crippen LogP contribution in [-0.2, 0) is 14.6 Å². The van der Waals surface area contributed by atoms with Gasteiger partial charge in [-0.2, -0.15) is 4.98 Å². The van der Waals surface area contributed by atoms with Crippen LogP contribution in [0.25, 0.3) is 0 Å². The van der Waals surface area contributed by atoms with Gasteiger partial charge in [0, 0.05) is 12.1 Å². The monoisotopic (exact) mass is 685 g/mol. The van der Waals surface area contributed by atoms with E-state index in [-0.39, 0.29) is 51.9 Å². The molecule has 1 aliphatic heterocycles. The van der Waals surface area contributed by atoms with Gasteiger partial charge in [0.1, 0.15) is 16.4 Å². The largest absolute Gasteiger partial charge is 0.489 e. The second-order valence-corrected chi connectivity index (χ2v) is 16.7. The number of halogens is 1. The maximum atomic E-state index is 13.0. The fraction of sp³-hybridized carbons (Fsp3) is 0.514. The molecule has 0 spiro atoms. The van der Waals surface area contributed by atoms with Gasteiger partial charge in [-0.3, -0.25) is 0 Å². The molecule has 10 nitrogen and oxygen atoms in total. The van der Waals surface area contributed by atoms with Crippen LogP contribution in [0.5, 0.6) is 5.75 Å². The lowest BCUT2D eigenvalue weighted by Gasteiger charge is -2.43. The van der Waals surface area contributed by atoms with Crippen LogP contribution in [0.1, 0.15) is 92.2 Å². The van der Waals surface area contributed by atoms with Crippen molar-refractivity contribution < 1.29 is 22.7 Å². The summed E-state index contributed by atoms with van der Waals surface area (Å²) < 4.78 is 38.0. The summed E-state index contributed by atoms with van der Waals surface area (Å²) in [5, 5.41) is 6.03. The molecule has 0 aliphatic carbocycles. The number of hydrogen-bond donors (Lipinski definition) is 2. The molecular weight excluding hydrogens is 638 g/mol. The lowest BCUT2D eigenvalue weighted by Crippen LogP contribution is -2.51. The van der Waals surface area contributed by atoms with E-state index in [4.69, 9.17) is 21.1 Å². The maximum absolute atomic E-state index is 13.0. The molecule has 3 atom stereocenters. The van der Waals surface area contributed by atoms with Crippen molar-refractivity contribution >= 4 is 50.7 Å². The van der Waals surface area contributed by atoms with Crippen LogP contribution >= 0.6 is 11.6 Å². The highest BCUT2D eigenvalue weighted by molar-refractivity contribution is 7.92. The molecule has 0 radical (unpaired) electrons.